The molecule has 24 heavy (non-hydrogen) atoms. The van der Waals surface area contributed by atoms with Crippen molar-refractivity contribution in [3.05, 3.63) is 29.8 Å². The SMILES string of the molecule is Cl.NC(=O)NCc1ccc(NC(=O)CC2CC3CCC(C2)N3)cc1. The Labute approximate surface area is 148 Å². The number of carbonyl (C=O) groups is 2. The summed E-state index contributed by atoms with van der Waals surface area (Å²) in [6.45, 7) is 0.390. The molecule has 2 atom stereocenters. The molecular formula is C17H25ClN4O2. The summed E-state index contributed by atoms with van der Waals surface area (Å²) in [4.78, 5) is 22.9. The molecule has 0 radical (unpaired) electrons. The van der Waals surface area contributed by atoms with Crippen LogP contribution < -0.4 is 21.7 Å². The zero-order valence-electron chi connectivity index (χ0n) is 13.6. The Balaban J connectivity index is 0.00000208. The number of urea groups is 1. The lowest BCUT2D eigenvalue weighted by Gasteiger charge is -2.28. The van der Waals surface area contributed by atoms with Gasteiger partial charge in [0.1, 0.15) is 0 Å². The first-order valence-corrected chi connectivity index (χ1v) is 8.26. The molecule has 2 fully saturated rings. The lowest BCUT2D eigenvalue weighted by molar-refractivity contribution is -0.117. The van der Waals surface area contributed by atoms with Crippen molar-refractivity contribution >= 4 is 30.0 Å². The molecule has 2 aliphatic rings. The van der Waals surface area contributed by atoms with Gasteiger partial charge in [-0.05, 0) is 49.3 Å². The molecule has 3 rings (SSSR count). The van der Waals surface area contributed by atoms with E-state index in [0.29, 0.717) is 31.0 Å². The molecule has 1 aromatic carbocycles. The molecule has 2 saturated heterocycles. The maximum Gasteiger partial charge on any atom is 0.312 e. The molecule has 2 bridgehead atoms. The van der Waals surface area contributed by atoms with Crippen LogP contribution in [0.25, 0.3) is 0 Å². The molecule has 6 nitrogen and oxygen atoms in total. The van der Waals surface area contributed by atoms with Gasteiger partial charge in [0, 0.05) is 30.7 Å². The summed E-state index contributed by atoms with van der Waals surface area (Å²) in [5, 5.41) is 9.09. The number of nitrogens with one attached hydrogen (secondary N) is 3. The summed E-state index contributed by atoms with van der Waals surface area (Å²) in [5.41, 5.74) is 6.77. The van der Waals surface area contributed by atoms with Crippen LogP contribution in [-0.4, -0.2) is 24.0 Å². The summed E-state index contributed by atoms with van der Waals surface area (Å²) in [5.74, 6) is 0.576. The predicted molar refractivity (Wildman–Crippen MR) is 96.0 cm³/mol. The van der Waals surface area contributed by atoms with E-state index in [4.69, 9.17) is 5.73 Å². The van der Waals surface area contributed by atoms with E-state index in [1.54, 1.807) is 0 Å². The summed E-state index contributed by atoms with van der Waals surface area (Å²) in [6.07, 6.45) is 5.33. The van der Waals surface area contributed by atoms with Crippen LogP contribution in [0, 0.1) is 5.92 Å². The molecule has 132 valence electrons. The van der Waals surface area contributed by atoms with Crippen LogP contribution >= 0.6 is 12.4 Å². The van der Waals surface area contributed by atoms with Gasteiger partial charge in [-0.1, -0.05) is 12.1 Å². The van der Waals surface area contributed by atoms with Gasteiger partial charge in [0.2, 0.25) is 5.91 Å². The number of hydrogen-bond donors (Lipinski definition) is 4. The summed E-state index contributed by atoms with van der Waals surface area (Å²) < 4.78 is 0. The minimum absolute atomic E-state index is 0. The van der Waals surface area contributed by atoms with Crippen molar-refractivity contribution in [2.45, 2.75) is 50.7 Å². The number of benzene rings is 1. The second kappa shape index (κ2) is 8.35. The molecule has 2 aliphatic heterocycles. The molecule has 2 unspecified atom stereocenters. The Hall–Kier alpha value is -1.79. The van der Waals surface area contributed by atoms with Crippen molar-refractivity contribution < 1.29 is 9.59 Å². The average Bonchev–Trinajstić information content (AvgIpc) is 2.85. The molecule has 7 heteroatoms. The van der Waals surface area contributed by atoms with E-state index in [1.807, 2.05) is 24.3 Å². The first-order valence-electron chi connectivity index (χ1n) is 8.26. The van der Waals surface area contributed by atoms with Gasteiger partial charge < -0.3 is 21.7 Å². The van der Waals surface area contributed by atoms with Gasteiger partial charge in [0.25, 0.3) is 0 Å². The maximum atomic E-state index is 12.2. The molecule has 0 saturated carbocycles. The van der Waals surface area contributed by atoms with Gasteiger partial charge in [-0.25, -0.2) is 4.79 Å². The second-order valence-electron chi connectivity index (χ2n) is 6.64. The van der Waals surface area contributed by atoms with Gasteiger partial charge >= 0.3 is 6.03 Å². The number of fused-ring (bicyclic) bond motifs is 2. The van der Waals surface area contributed by atoms with E-state index in [9.17, 15) is 9.59 Å². The van der Waals surface area contributed by atoms with Gasteiger partial charge in [0.15, 0.2) is 0 Å². The zero-order chi connectivity index (χ0) is 16.2. The van der Waals surface area contributed by atoms with Crippen LogP contribution in [0.2, 0.25) is 0 Å². The lowest BCUT2D eigenvalue weighted by atomic mass is 9.89. The van der Waals surface area contributed by atoms with E-state index in [0.717, 1.165) is 24.1 Å². The van der Waals surface area contributed by atoms with Crippen molar-refractivity contribution in [3.8, 4) is 0 Å². The van der Waals surface area contributed by atoms with Gasteiger partial charge in [-0.3, -0.25) is 4.79 Å². The molecule has 2 heterocycles. The predicted octanol–water partition coefficient (Wildman–Crippen LogP) is 2.14. The number of piperidine rings is 1. The minimum atomic E-state index is -0.543. The van der Waals surface area contributed by atoms with Gasteiger partial charge in [-0.15, -0.1) is 12.4 Å². The van der Waals surface area contributed by atoms with Crippen molar-refractivity contribution in [2.24, 2.45) is 11.7 Å². The molecule has 3 amide bonds. The average molecular weight is 353 g/mol. The Kier molecular flexibility index (Phi) is 6.45. The number of rotatable bonds is 5. The smallest absolute Gasteiger partial charge is 0.312 e. The number of amides is 3. The minimum Gasteiger partial charge on any atom is -0.352 e. The standard InChI is InChI=1S/C17H24N4O2.ClH/c18-17(23)19-10-11-1-3-13(4-2-11)21-16(22)9-12-7-14-5-6-15(8-12)20-14;/h1-4,12,14-15,20H,5-10H2,(H,21,22)(H3,18,19,23);1H. The molecule has 0 spiro atoms. The van der Waals surface area contributed by atoms with Crippen LogP contribution in [0.5, 0.6) is 0 Å². The highest BCUT2D eigenvalue weighted by Gasteiger charge is 2.34. The van der Waals surface area contributed by atoms with Crippen molar-refractivity contribution in [1.29, 1.82) is 0 Å². The highest BCUT2D eigenvalue weighted by atomic mass is 35.5. The van der Waals surface area contributed by atoms with Crippen molar-refractivity contribution in [3.63, 3.8) is 0 Å². The Morgan fingerprint density at radius 1 is 1.12 bits per heavy atom. The van der Waals surface area contributed by atoms with Crippen LogP contribution in [0.3, 0.4) is 0 Å². The Morgan fingerprint density at radius 3 is 2.33 bits per heavy atom. The maximum absolute atomic E-state index is 12.2. The van der Waals surface area contributed by atoms with E-state index >= 15 is 0 Å². The normalized spacial score (nSPS) is 24.8. The third-order valence-electron chi connectivity index (χ3n) is 4.75. The fraction of sp³-hybridized carbons (Fsp3) is 0.529. The Morgan fingerprint density at radius 2 is 1.75 bits per heavy atom. The van der Waals surface area contributed by atoms with Gasteiger partial charge in [-0.2, -0.15) is 0 Å². The van der Waals surface area contributed by atoms with E-state index in [1.165, 1.54) is 12.8 Å². The number of primary amides is 1. The summed E-state index contributed by atoms with van der Waals surface area (Å²) in [6, 6.07) is 8.13. The van der Waals surface area contributed by atoms with Crippen LogP contribution in [0.1, 0.15) is 37.7 Å². The molecular weight excluding hydrogens is 328 g/mol. The van der Waals surface area contributed by atoms with Crippen LogP contribution in [0.4, 0.5) is 10.5 Å². The highest BCUT2D eigenvalue weighted by Crippen LogP contribution is 2.32. The summed E-state index contributed by atoms with van der Waals surface area (Å²) >= 11 is 0. The molecule has 0 aromatic heterocycles. The monoisotopic (exact) mass is 352 g/mol. The lowest BCUT2D eigenvalue weighted by Crippen LogP contribution is -2.39. The number of hydrogen-bond acceptors (Lipinski definition) is 3. The largest absolute Gasteiger partial charge is 0.352 e. The van der Waals surface area contributed by atoms with Gasteiger partial charge in [0.05, 0.1) is 0 Å². The van der Waals surface area contributed by atoms with E-state index in [-0.39, 0.29) is 18.3 Å². The number of carbonyl (C=O) groups excluding carboxylic acids is 2. The van der Waals surface area contributed by atoms with E-state index in [2.05, 4.69) is 16.0 Å². The first-order chi connectivity index (χ1) is 11.1. The number of nitrogens with two attached hydrogens (primary N) is 1. The fourth-order valence-corrected chi connectivity index (χ4v) is 3.71. The first kappa shape index (κ1) is 18.5. The van der Waals surface area contributed by atoms with Crippen molar-refractivity contribution in [1.82, 2.24) is 10.6 Å². The molecule has 0 aliphatic carbocycles. The summed E-state index contributed by atoms with van der Waals surface area (Å²) in [7, 11) is 0. The topological polar surface area (TPSA) is 96.2 Å². The third-order valence-corrected chi connectivity index (χ3v) is 4.75. The number of anilines is 1. The van der Waals surface area contributed by atoms with Crippen LogP contribution in [0.15, 0.2) is 24.3 Å². The highest BCUT2D eigenvalue weighted by molar-refractivity contribution is 5.90. The molecule has 5 N–H and O–H groups in total. The Bertz CT molecular complexity index is 566. The fourth-order valence-electron chi connectivity index (χ4n) is 3.71. The number of halogens is 1. The quantitative estimate of drug-likeness (QED) is 0.653. The molecule has 1 aromatic rings. The zero-order valence-corrected chi connectivity index (χ0v) is 14.4. The van der Waals surface area contributed by atoms with E-state index < -0.39 is 6.03 Å². The van der Waals surface area contributed by atoms with Crippen LogP contribution in [-0.2, 0) is 11.3 Å². The third kappa shape index (κ3) is 5.11. The van der Waals surface area contributed by atoms with Crippen molar-refractivity contribution in [2.75, 3.05) is 5.32 Å². The second-order valence-corrected chi connectivity index (χ2v) is 6.64.